The number of aromatic hydroxyl groups is 1. The molecular formula is C13H8Br2Cl2O. The van der Waals surface area contributed by atoms with Crippen molar-refractivity contribution in [1.82, 2.24) is 0 Å². The molecule has 0 aliphatic carbocycles. The summed E-state index contributed by atoms with van der Waals surface area (Å²) in [5.74, 6) is 0.204. The topological polar surface area (TPSA) is 20.2 Å². The molecule has 0 spiro atoms. The Morgan fingerprint density at radius 2 is 1.61 bits per heavy atom. The van der Waals surface area contributed by atoms with Crippen molar-refractivity contribution in [3.8, 4) is 5.75 Å². The molecule has 2 aromatic rings. The second-order valence-electron chi connectivity index (χ2n) is 3.85. The monoisotopic (exact) mass is 408 g/mol. The van der Waals surface area contributed by atoms with Crippen LogP contribution in [0, 0.1) is 0 Å². The molecule has 0 radical (unpaired) electrons. The summed E-state index contributed by atoms with van der Waals surface area (Å²) in [4.78, 5) is 0. The zero-order valence-corrected chi connectivity index (χ0v) is 13.7. The minimum Gasteiger partial charge on any atom is -0.506 e. The first-order chi connectivity index (χ1) is 8.45. The Bertz CT molecular complexity index is 580. The van der Waals surface area contributed by atoms with Crippen LogP contribution >= 0.6 is 55.1 Å². The van der Waals surface area contributed by atoms with Gasteiger partial charge in [-0.3, -0.25) is 0 Å². The number of halogens is 4. The fraction of sp³-hybridized carbons (Fsp3) is 0.0769. The van der Waals surface area contributed by atoms with Gasteiger partial charge >= 0.3 is 0 Å². The SMILES string of the molecule is Oc1c(Br)cc(Cl)cc1Cc1cc(Cl)cc(Br)c1. The Labute approximate surface area is 132 Å². The fourth-order valence-electron chi connectivity index (χ4n) is 1.69. The lowest BCUT2D eigenvalue weighted by molar-refractivity contribution is 0.466. The molecule has 18 heavy (non-hydrogen) atoms. The van der Waals surface area contributed by atoms with Gasteiger partial charge in [0.05, 0.1) is 4.47 Å². The molecule has 0 amide bonds. The summed E-state index contributed by atoms with van der Waals surface area (Å²) in [5, 5.41) is 11.2. The summed E-state index contributed by atoms with van der Waals surface area (Å²) in [6.45, 7) is 0. The van der Waals surface area contributed by atoms with Gasteiger partial charge in [0.2, 0.25) is 0 Å². The number of hydrogen-bond donors (Lipinski definition) is 1. The molecule has 0 aromatic heterocycles. The number of phenolic OH excluding ortho intramolecular Hbond substituents is 1. The average molecular weight is 411 g/mol. The second kappa shape index (κ2) is 5.83. The van der Waals surface area contributed by atoms with Gasteiger partial charge in [-0.2, -0.15) is 0 Å². The third kappa shape index (κ3) is 3.41. The predicted molar refractivity (Wildman–Crippen MR) is 82.8 cm³/mol. The quantitative estimate of drug-likeness (QED) is 0.661. The second-order valence-corrected chi connectivity index (χ2v) is 6.49. The van der Waals surface area contributed by atoms with E-state index in [4.69, 9.17) is 23.2 Å². The largest absolute Gasteiger partial charge is 0.506 e. The van der Waals surface area contributed by atoms with Crippen molar-refractivity contribution >= 4 is 55.1 Å². The Kier molecular flexibility index (Phi) is 4.59. The summed E-state index contributed by atoms with van der Waals surface area (Å²) in [6, 6.07) is 9.05. The third-order valence-electron chi connectivity index (χ3n) is 2.42. The molecular weight excluding hydrogens is 403 g/mol. The summed E-state index contributed by atoms with van der Waals surface area (Å²) in [6.07, 6.45) is 0.560. The highest BCUT2D eigenvalue weighted by atomic mass is 79.9. The van der Waals surface area contributed by atoms with E-state index in [9.17, 15) is 5.11 Å². The maximum absolute atomic E-state index is 9.97. The molecule has 5 heteroatoms. The van der Waals surface area contributed by atoms with E-state index < -0.39 is 0 Å². The first kappa shape index (κ1) is 14.2. The van der Waals surface area contributed by atoms with Gasteiger partial charge in [-0.05, 0) is 51.8 Å². The van der Waals surface area contributed by atoms with E-state index in [1.54, 1.807) is 12.1 Å². The van der Waals surface area contributed by atoms with Gasteiger partial charge in [-0.25, -0.2) is 0 Å². The van der Waals surface area contributed by atoms with E-state index in [0.29, 0.717) is 20.9 Å². The van der Waals surface area contributed by atoms with Crippen LogP contribution in [0.25, 0.3) is 0 Å². The van der Waals surface area contributed by atoms with E-state index >= 15 is 0 Å². The molecule has 0 fully saturated rings. The minimum absolute atomic E-state index is 0.204. The van der Waals surface area contributed by atoms with Crippen LogP contribution in [-0.2, 0) is 6.42 Å². The Morgan fingerprint density at radius 3 is 2.28 bits per heavy atom. The highest BCUT2D eigenvalue weighted by molar-refractivity contribution is 9.10. The number of rotatable bonds is 2. The van der Waals surface area contributed by atoms with E-state index in [2.05, 4.69) is 31.9 Å². The van der Waals surface area contributed by atoms with E-state index in [-0.39, 0.29) is 5.75 Å². The lowest BCUT2D eigenvalue weighted by Crippen LogP contribution is -1.90. The lowest BCUT2D eigenvalue weighted by Gasteiger charge is -2.08. The maximum Gasteiger partial charge on any atom is 0.133 e. The van der Waals surface area contributed by atoms with Crippen LogP contribution in [0.4, 0.5) is 0 Å². The van der Waals surface area contributed by atoms with Gasteiger partial charge < -0.3 is 5.11 Å². The Morgan fingerprint density at radius 1 is 0.944 bits per heavy atom. The molecule has 1 N–H and O–H groups in total. The molecule has 0 aliphatic heterocycles. The lowest BCUT2D eigenvalue weighted by atomic mass is 10.0. The molecule has 2 rings (SSSR count). The molecule has 0 atom stereocenters. The molecule has 0 unspecified atom stereocenters. The highest BCUT2D eigenvalue weighted by Crippen LogP contribution is 2.33. The van der Waals surface area contributed by atoms with Gasteiger partial charge in [0.1, 0.15) is 5.75 Å². The van der Waals surface area contributed by atoms with E-state index in [1.165, 1.54) is 0 Å². The molecule has 0 saturated heterocycles. The predicted octanol–water partition coefficient (Wildman–Crippen LogP) is 5.81. The van der Waals surface area contributed by atoms with Gasteiger partial charge in [0, 0.05) is 26.5 Å². The van der Waals surface area contributed by atoms with Crippen molar-refractivity contribution in [3.05, 3.63) is 60.4 Å². The first-order valence-electron chi connectivity index (χ1n) is 5.07. The van der Waals surface area contributed by atoms with E-state index in [1.807, 2.05) is 18.2 Å². The van der Waals surface area contributed by atoms with Crippen LogP contribution in [0.15, 0.2) is 39.3 Å². The average Bonchev–Trinajstić information content (AvgIpc) is 2.23. The normalized spacial score (nSPS) is 10.7. The number of phenols is 1. The standard InChI is InChI=1S/C13H8Br2Cl2O/c14-9-2-7(3-10(16)5-9)1-8-4-11(17)6-12(15)13(8)18/h2-6,18H,1H2. The van der Waals surface area contributed by atoms with Crippen molar-refractivity contribution in [2.45, 2.75) is 6.42 Å². The van der Waals surface area contributed by atoms with Crippen LogP contribution in [0.2, 0.25) is 10.0 Å². The molecule has 0 bridgehead atoms. The molecule has 2 aromatic carbocycles. The molecule has 0 aliphatic rings. The van der Waals surface area contributed by atoms with Gasteiger partial charge in [-0.15, -0.1) is 0 Å². The summed E-state index contributed by atoms with van der Waals surface area (Å²) in [5.41, 5.74) is 1.75. The molecule has 94 valence electrons. The smallest absolute Gasteiger partial charge is 0.133 e. The van der Waals surface area contributed by atoms with Crippen molar-refractivity contribution in [2.24, 2.45) is 0 Å². The molecule has 1 nitrogen and oxygen atoms in total. The van der Waals surface area contributed by atoms with Crippen LogP contribution in [0.3, 0.4) is 0 Å². The van der Waals surface area contributed by atoms with E-state index in [0.717, 1.165) is 15.6 Å². The third-order valence-corrected chi connectivity index (χ3v) is 3.92. The number of hydrogen-bond acceptors (Lipinski definition) is 1. The highest BCUT2D eigenvalue weighted by Gasteiger charge is 2.09. The van der Waals surface area contributed by atoms with Crippen LogP contribution < -0.4 is 0 Å². The van der Waals surface area contributed by atoms with Gasteiger partial charge in [0.25, 0.3) is 0 Å². The van der Waals surface area contributed by atoms with Gasteiger partial charge in [0.15, 0.2) is 0 Å². The van der Waals surface area contributed by atoms with Crippen molar-refractivity contribution in [1.29, 1.82) is 0 Å². The van der Waals surface area contributed by atoms with Gasteiger partial charge in [-0.1, -0.05) is 39.1 Å². The van der Waals surface area contributed by atoms with Crippen LogP contribution in [0.1, 0.15) is 11.1 Å². The fourth-order valence-corrected chi connectivity index (χ4v) is 3.49. The minimum atomic E-state index is 0.204. The van der Waals surface area contributed by atoms with Crippen molar-refractivity contribution in [3.63, 3.8) is 0 Å². The molecule has 0 saturated carbocycles. The van der Waals surface area contributed by atoms with Crippen LogP contribution in [-0.4, -0.2) is 5.11 Å². The first-order valence-corrected chi connectivity index (χ1v) is 7.42. The van der Waals surface area contributed by atoms with Crippen LogP contribution in [0.5, 0.6) is 5.75 Å². The van der Waals surface area contributed by atoms with Crippen molar-refractivity contribution in [2.75, 3.05) is 0 Å². The molecule has 0 heterocycles. The Hall–Kier alpha value is -0.220. The Balaban J connectivity index is 2.39. The summed E-state index contributed by atoms with van der Waals surface area (Å²) >= 11 is 18.6. The van der Waals surface area contributed by atoms with Crippen molar-refractivity contribution < 1.29 is 5.11 Å². The zero-order valence-electron chi connectivity index (χ0n) is 9.05. The zero-order chi connectivity index (χ0) is 13.3. The maximum atomic E-state index is 9.97. The summed E-state index contributed by atoms with van der Waals surface area (Å²) in [7, 11) is 0. The number of benzene rings is 2. The summed E-state index contributed by atoms with van der Waals surface area (Å²) < 4.78 is 1.50.